The van der Waals surface area contributed by atoms with Crippen LogP contribution in [0.3, 0.4) is 0 Å². The normalized spacial score (nSPS) is 15.7. The third kappa shape index (κ3) is 2.82. The van der Waals surface area contributed by atoms with Crippen molar-refractivity contribution in [2.45, 2.75) is 13.3 Å². The van der Waals surface area contributed by atoms with Crippen molar-refractivity contribution in [2.24, 2.45) is 0 Å². The quantitative estimate of drug-likeness (QED) is 0.811. The van der Waals surface area contributed by atoms with Crippen molar-refractivity contribution >= 4 is 22.6 Å². The summed E-state index contributed by atoms with van der Waals surface area (Å²) in [4.78, 5) is 28.0. The molecule has 2 amide bonds. The van der Waals surface area contributed by atoms with Crippen LogP contribution in [-0.4, -0.2) is 47.8 Å². The van der Waals surface area contributed by atoms with Gasteiger partial charge in [-0.2, -0.15) is 0 Å². The van der Waals surface area contributed by atoms with E-state index >= 15 is 0 Å². The lowest BCUT2D eigenvalue weighted by molar-refractivity contribution is -0.128. The summed E-state index contributed by atoms with van der Waals surface area (Å²) in [5.41, 5.74) is 0.745. The van der Waals surface area contributed by atoms with E-state index in [1.807, 2.05) is 52.3 Å². The molecule has 1 fully saturated rings. The van der Waals surface area contributed by atoms with E-state index in [2.05, 4.69) is 0 Å². The van der Waals surface area contributed by atoms with Crippen molar-refractivity contribution in [1.29, 1.82) is 0 Å². The van der Waals surface area contributed by atoms with E-state index in [-0.39, 0.29) is 11.8 Å². The number of carbonyl (C=O) groups is 2. The summed E-state index contributed by atoms with van der Waals surface area (Å²) in [5, 5.41) is 2.07. The summed E-state index contributed by atoms with van der Waals surface area (Å²) < 4.78 is 0. The highest BCUT2D eigenvalue weighted by Gasteiger charge is 2.22. The second-order valence-electron chi connectivity index (χ2n) is 5.68. The molecule has 0 bridgehead atoms. The van der Waals surface area contributed by atoms with Crippen LogP contribution in [0.1, 0.15) is 23.7 Å². The van der Waals surface area contributed by atoms with Gasteiger partial charge in [0.25, 0.3) is 5.91 Å². The van der Waals surface area contributed by atoms with E-state index in [4.69, 9.17) is 0 Å². The van der Waals surface area contributed by atoms with Crippen LogP contribution >= 0.6 is 0 Å². The molecule has 4 heteroatoms. The Morgan fingerprint density at radius 3 is 2.36 bits per heavy atom. The number of nitrogens with zero attached hydrogens (tertiary/aromatic N) is 2. The Hall–Kier alpha value is -2.36. The second kappa shape index (κ2) is 6.18. The molecule has 3 rings (SSSR count). The average molecular weight is 296 g/mol. The number of fused-ring (bicyclic) bond motifs is 1. The summed E-state index contributed by atoms with van der Waals surface area (Å²) in [6, 6.07) is 13.8. The summed E-state index contributed by atoms with van der Waals surface area (Å²) in [6.07, 6.45) is 0.829. The Balaban J connectivity index is 1.85. The van der Waals surface area contributed by atoms with Crippen LogP contribution in [0.4, 0.5) is 0 Å². The molecule has 1 heterocycles. The maximum Gasteiger partial charge on any atom is 0.254 e. The smallest absolute Gasteiger partial charge is 0.254 e. The van der Waals surface area contributed by atoms with E-state index < -0.39 is 0 Å². The number of benzene rings is 2. The minimum Gasteiger partial charge on any atom is -0.341 e. The van der Waals surface area contributed by atoms with Crippen LogP contribution in [-0.2, 0) is 4.79 Å². The molecule has 1 saturated heterocycles. The molecule has 0 unspecified atom stereocenters. The Bertz CT molecular complexity index is 706. The molecule has 0 N–H and O–H groups in total. The molecule has 1 aliphatic rings. The van der Waals surface area contributed by atoms with Crippen LogP contribution in [0, 0.1) is 0 Å². The predicted molar refractivity (Wildman–Crippen MR) is 86.7 cm³/mol. The molecular formula is C18H20N2O2. The molecule has 0 aromatic heterocycles. The third-order valence-electron chi connectivity index (χ3n) is 4.25. The lowest BCUT2D eigenvalue weighted by Crippen LogP contribution is -2.36. The molecule has 2 aromatic rings. The van der Waals surface area contributed by atoms with Gasteiger partial charge in [-0.25, -0.2) is 0 Å². The first-order valence-corrected chi connectivity index (χ1v) is 7.69. The first kappa shape index (κ1) is 14.6. The summed E-state index contributed by atoms with van der Waals surface area (Å²) in [6.45, 7) is 4.23. The average Bonchev–Trinajstić information content (AvgIpc) is 2.80. The third-order valence-corrected chi connectivity index (χ3v) is 4.25. The van der Waals surface area contributed by atoms with Crippen molar-refractivity contribution in [1.82, 2.24) is 9.80 Å². The minimum absolute atomic E-state index is 0.0576. The highest BCUT2D eigenvalue weighted by atomic mass is 16.2. The minimum atomic E-state index is 0.0576. The number of hydrogen-bond donors (Lipinski definition) is 0. The topological polar surface area (TPSA) is 40.6 Å². The number of carbonyl (C=O) groups excluding carboxylic acids is 2. The van der Waals surface area contributed by atoms with Crippen molar-refractivity contribution in [3.63, 3.8) is 0 Å². The first-order chi connectivity index (χ1) is 10.7. The van der Waals surface area contributed by atoms with Gasteiger partial charge in [-0.05, 0) is 23.3 Å². The number of rotatable bonds is 1. The zero-order chi connectivity index (χ0) is 15.5. The fraction of sp³-hybridized carbons (Fsp3) is 0.333. The van der Waals surface area contributed by atoms with Gasteiger partial charge in [0, 0.05) is 38.7 Å². The summed E-state index contributed by atoms with van der Waals surface area (Å²) >= 11 is 0. The summed E-state index contributed by atoms with van der Waals surface area (Å²) in [7, 11) is 0. The van der Waals surface area contributed by atoms with E-state index in [9.17, 15) is 9.59 Å². The standard InChI is InChI=1S/C18H20N2O2/c1-14(21)19-10-5-11-20(13-12-19)18(22)17-9-4-7-15-6-2-3-8-16(15)17/h2-4,6-9H,5,10-13H2,1H3. The van der Waals surface area contributed by atoms with Crippen LogP contribution < -0.4 is 0 Å². The SMILES string of the molecule is CC(=O)N1CCCN(C(=O)c2cccc3ccccc23)CC1. The van der Waals surface area contributed by atoms with Gasteiger partial charge < -0.3 is 9.80 Å². The van der Waals surface area contributed by atoms with Gasteiger partial charge in [0.1, 0.15) is 0 Å². The fourth-order valence-electron chi connectivity index (χ4n) is 3.02. The van der Waals surface area contributed by atoms with Crippen LogP contribution in [0.25, 0.3) is 10.8 Å². The molecule has 0 atom stereocenters. The first-order valence-electron chi connectivity index (χ1n) is 7.69. The van der Waals surface area contributed by atoms with E-state index in [1.165, 1.54) is 0 Å². The van der Waals surface area contributed by atoms with Gasteiger partial charge in [-0.1, -0.05) is 36.4 Å². The van der Waals surface area contributed by atoms with Crippen molar-refractivity contribution in [3.8, 4) is 0 Å². The van der Waals surface area contributed by atoms with Crippen LogP contribution in [0.15, 0.2) is 42.5 Å². The Labute approximate surface area is 130 Å². The molecule has 114 valence electrons. The molecule has 1 aliphatic heterocycles. The van der Waals surface area contributed by atoms with Crippen LogP contribution in [0.2, 0.25) is 0 Å². The summed E-state index contributed by atoms with van der Waals surface area (Å²) in [5.74, 6) is 0.140. The second-order valence-corrected chi connectivity index (χ2v) is 5.68. The highest BCUT2D eigenvalue weighted by molar-refractivity contribution is 6.07. The molecule has 2 aromatic carbocycles. The maximum absolute atomic E-state index is 12.9. The molecule has 4 nitrogen and oxygen atoms in total. The maximum atomic E-state index is 12.9. The predicted octanol–water partition coefficient (Wildman–Crippen LogP) is 2.53. The largest absolute Gasteiger partial charge is 0.341 e. The lowest BCUT2D eigenvalue weighted by atomic mass is 10.0. The van der Waals surface area contributed by atoms with Crippen molar-refractivity contribution < 1.29 is 9.59 Å². The van der Waals surface area contributed by atoms with Gasteiger partial charge in [-0.15, -0.1) is 0 Å². The van der Waals surface area contributed by atoms with Gasteiger partial charge in [-0.3, -0.25) is 9.59 Å². The number of amides is 2. The highest BCUT2D eigenvalue weighted by Crippen LogP contribution is 2.20. The van der Waals surface area contributed by atoms with E-state index in [0.29, 0.717) is 19.6 Å². The Kier molecular flexibility index (Phi) is 4.09. The van der Waals surface area contributed by atoms with Gasteiger partial charge in [0.15, 0.2) is 0 Å². The number of hydrogen-bond acceptors (Lipinski definition) is 2. The molecule has 0 radical (unpaired) electrons. The molecule has 0 aliphatic carbocycles. The van der Waals surface area contributed by atoms with Gasteiger partial charge in [0.05, 0.1) is 0 Å². The van der Waals surface area contributed by atoms with Gasteiger partial charge in [0.2, 0.25) is 5.91 Å². The molecular weight excluding hydrogens is 276 g/mol. The fourth-order valence-corrected chi connectivity index (χ4v) is 3.02. The van der Waals surface area contributed by atoms with E-state index in [0.717, 1.165) is 29.3 Å². The zero-order valence-electron chi connectivity index (χ0n) is 12.8. The Morgan fingerprint density at radius 2 is 1.55 bits per heavy atom. The Morgan fingerprint density at radius 1 is 0.864 bits per heavy atom. The monoisotopic (exact) mass is 296 g/mol. The van der Waals surface area contributed by atoms with E-state index in [1.54, 1.807) is 6.92 Å². The van der Waals surface area contributed by atoms with Crippen molar-refractivity contribution in [3.05, 3.63) is 48.0 Å². The zero-order valence-corrected chi connectivity index (χ0v) is 12.8. The van der Waals surface area contributed by atoms with Crippen LogP contribution in [0.5, 0.6) is 0 Å². The molecule has 22 heavy (non-hydrogen) atoms. The van der Waals surface area contributed by atoms with Gasteiger partial charge >= 0.3 is 0 Å². The molecule has 0 saturated carbocycles. The van der Waals surface area contributed by atoms with Crippen molar-refractivity contribution in [2.75, 3.05) is 26.2 Å². The lowest BCUT2D eigenvalue weighted by Gasteiger charge is -2.22. The molecule has 0 spiro atoms.